The lowest BCUT2D eigenvalue weighted by molar-refractivity contribution is 0.215. The normalized spacial score (nSPS) is 23.0. The summed E-state index contributed by atoms with van der Waals surface area (Å²) in [4.78, 5) is 2.68. The van der Waals surface area contributed by atoms with Crippen LogP contribution in [-0.2, 0) is 0 Å². The Hall–Kier alpha value is -0.860. The van der Waals surface area contributed by atoms with Crippen LogP contribution in [0.4, 0.5) is 0 Å². The first kappa shape index (κ1) is 14.1. The maximum absolute atomic E-state index is 3.46. The van der Waals surface area contributed by atoms with Crippen LogP contribution in [0.1, 0.15) is 37.7 Å². The van der Waals surface area contributed by atoms with E-state index in [0.717, 1.165) is 5.92 Å². The lowest BCUT2D eigenvalue weighted by Gasteiger charge is -2.33. The van der Waals surface area contributed by atoms with Crippen LogP contribution in [0.5, 0.6) is 0 Å². The molecule has 20 heavy (non-hydrogen) atoms. The molecular formula is C18H27N2. The molecule has 2 heteroatoms. The van der Waals surface area contributed by atoms with Crippen LogP contribution in [0.15, 0.2) is 30.3 Å². The van der Waals surface area contributed by atoms with Crippen LogP contribution in [0, 0.1) is 11.8 Å². The van der Waals surface area contributed by atoms with E-state index >= 15 is 0 Å². The first-order chi connectivity index (χ1) is 9.92. The van der Waals surface area contributed by atoms with Gasteiger partial charge in [0.15, 0.2) is 0 Å². The molecule has 1 aromatic rings. The Bertz CT molecular complexity index is 376. The second-order valence-corrected chi connectivity index (χ2v) is 6.29. The van der Waals surface area contributed by atoms with Gasteiger partial charge in [0, 0.05) is 5.92 Å². The van der Waals surface area contributed by atoms with Crippen molar-refractivity contribution in [2.75, 3.05) is 32.7 Å². The highest BCUT2D eigenvalue weighted by molar-refractivity contribution is 5.31. The maximum Gasteiger partial charge on any atom is 0.00750 e. The minimum atomic E-state index is 0.968. The molecule has 1 N–H and O–H groups in total. The Morgan fingerprint density at radius 3 is 2.40 bits per heavy atom. The number of piperidine rings is 2. The highest BCUT2D eigenvalue weighted by atomic mass is 15.1. The summed E-state index contributed by atoms with van der Waals surface area (Å²) in [6.45, 7) is 6.30. The number of rotatable bonds is 4. The number of hydrogen-bond acceptors (Lipinski definition) is 2. The lowest BCUT2D eigenvalue weighted by atomic mass is 9.89. The molecule has 2 saturated heterocycles. The summed E-state index contributed by atoms with van der Waals surface area (Å²) in [5.74, 6) is 2.62. The zero-order valence-electron chi connectivity index (χ0n) is 12.5. The van der Waals surface area contributed by atoms with Crippen LogP contribution in [0.2, 0.25) is 0 Å². The van der Waals surface area contributed by atoms with Gasteiger partial charge in [0.1, 0.15) is 0 Å². The van der Waals surface area contributed by atoms with Gasteiger partial charge in [-0.2, -0.15) is 0 Å². The van der Waals surface area contributed by atoms with E-state index in [1.807, 2.05) is 0 Å². The zero-order valence-corrected chi connectivity index (χ0v) is 12.5. The summed E-state index contributed by atoms with van der Waals surface area (Å²) < 4.78 is 0. The van der Waals surface area contributed by atoms with E-state index in [-0.39, 0.29) is 0 Å². The van der Waals surface area contributed by atoms with Crippen LogP contribution in [-0.4, -0.2) is 37.6 Å². The third-order valence-corrected chi connectivity index (χ3v) is 4.95. The Balaban J connectivity index is 1.40. The van der Waals surface area contributed by atoms with Gasteiger partial charge in [0.2, 0.25) is 0 Å². The van der Waals surface area contributed by atoms with Crippen molar-refractivity contribution in [3.63, 3.8) is 0 Å². The Morgan fingerprint density at radius 1 is 1.00 bits per heavy atom. The SMILES string of the molecule is c1ccc([C]2CCN(CCC3CCNCC3)CC2)cc1. The van der Waals surface area contributed by atoms with Gasteiger partial charge in [0.25, 0.3) is 0 Å². The summed E-state index contributed by atoms with van der Waals surface area (Å²) in [5, 5.41) is 3.46. The van der Waals surface area contributed by atoms with E-state index in [9.17, 15) is 0 Å². The summed E-state index contributed by atoms with van der Waals surface area (Å²) in [6, 6.07) is 11.0. The largest absolute Gasteiger partial charge is 0.317 e. The average molecular weight is 271 g/mol. The van der Waals surface area contributed by atoms with E-state index in [4.69, 9.17) is 0 Å². The number of nitrogens with one attached hydrogen (secondary N) is 1. The molecule has 109 valence electrons. The van der Waals surface area contributed by atoms with Gasteiger partial charge in [-0.25, -0.2) is 0 Å². The van der Waals surface area contributed by atoms with E-state index in [2.05, 4.69) is 40.5 Å². The zero-order chi connectivity index (χ0) is 13.6. The quantitative estimate of drug-likeness (QED) is 0.905. The molecular weight excluding hydrogens is 244 g/mol. The summed E-state index contributed by atoms with van der Waals surface area (Å²) >= 11 is 0. The second-order valence-electron chi connectivity index (χ2n) is 6.29. The van der Waals surface area contributed by atoms with Gasteiger partial charge in [-0.05, 0) is 76.3 Å². The molecule has 0 aromatic heterocycles. The van der Waals surface area contributed by atoms with Crippen molar-refractivity contribution in [3.05, 3.63) is 41.8 Å². The Kier molecular flexibility index (Phi) is 5.10. The topological polar surface area (TPSA) is 15.3 Å². The first-order valence-corrected chi connectivity index (χ1v) is 8.25. The molecule has 0 unspecified atom stereocenters. The van der Waals surface area contributed by atoms with E-state index < -0.39 is 0 Å². The minimum Gasteiger partial charge on any atom is -0.317 e. The fourth-order valence-corrected chi connectivity index (χ4v) is 3.54. The molecule has 0 amide bonds. The van der Waals surface area contributed by atoms with Gasteiger partial charge in [-0.15, -0.1) is 0 Å². The monoisotopic (exact) mass is 271 g/mol. The van der Waals surface area contributed by atoms with E-state index in [0.29, 0.717) is 0 Å². The fraction of sp³-hybridized carbons (Fsp3) is 0.611. The molecule has 2 fully saturated rings. The minimum absolute atomic E-state index is 0.968. The summed E-state index contributed by atoms with van der Waals surface area (Å²) in [7, 11) is 0. The van der Waals surface area contributed by atoms with Crippen molar-refractivity contribution < 1.29 is 0 Å². The first-order valence-electron chi connectivity index (χ1n) is 8.25. The maximum atomic E-state index is 3.46. The Morgan fingerprint density at radius 2 is 1.70 bits per heavy atom. The van der Waals surface area contributed by atoms with Gasteiger partial charge in [-0.3, -0.25) is 0 Å². The molecule has 1 aromatic carbocycles. The molecule has 0 saturated carbocycles. The molecule has 0 bridgehead atoms. The Labute approximate surface area is 123 Å². The van der Waals surface area contributed by atoms with Crippen molar-refractivity contribution in [2.24, 2.45) is 5.92 Å². The second kappa shape index (κ2) is 7.24. The van der Waals surface area contributed by atoms with Crippen molar-refractivity contribution >= 4 is 0 Å². The van der Waals surface area contributed by atoms with Gasteiger partial charge >= 0.3 is 0 Å². The lowest BCUT2D eigenvalue weighted by Crippen LogP contribution is -2.36. The van der Waals surface area contributed by atoms with E-state index in [1.54, 1.807) is 5.92 Å². The standard InChI is InChI=1S/C18H27N2/c1-2-4-17(5-3-1)18-9-14-20(15-10-18)13-8-16-6-11-19-12-7-16/h1-5,16,19H,6-15H2. The number of hydrogen-bond donors (Lipinski definition) is 1. The summed E-state index contributed by atoms with van der Waals surface area (Å²) in [6.07, 6.45) is 6.69. The molecule has 3 rings (SSSR count). The highest BCUT2D eigenvalue weighted by Crippen LogP contribution is 2.27. The molecule has 1 radical (unpaired) electrons. The smallest absolute Gasteiger partial charge is 0.00750 e. The number of likely N-dealkylation sites (tertiary alicyclic amines) is 1. The molecule has 2 aliphatic rings. The van der Waals surface area contributed by atoms with E-state index in [1.165, 1.54) is 70.4 Å². The van der Waals surface area contributed by atoms with Crippen molar-refractivity contribution in [1.82, 2.24) is 10.2 Å². The fourth-order valence-electron chi connectivity index (χ4n) is 3.54. The van der Waals surface area contributed by atoms with Crippen molar-refractivity contribution in [3.8, 4) is 0 Å². The number of nitrogens with zero attached hydrogens (tertiary/aromatic N) is 1. The molecule has 0 aliphatic carbocycles. The van der Waals surface area contributed by atoms with Gasteiger partial charge in [0.05, 0.1) is 0 Å². The third-order valence-electron chi connectivity index (χ3n) is 4.95. The average Bonchev–Trinajstić information content (AvgIpc) is 2.55. The van der Waals surface area contributed by atoms with Crippen molar-refractivity contribution in [2.45, 2.75) is 32.1 Å². The predicted molar refractivity (Wildman–Crippen MR) is 84.7 cm³/mol. The van der Waals surface area contributed by atoms with Crippen LogP contribution in [0.3, 0.4) is 0 Å². The molecule has 2 aliphatic heterocycles. The predicted octanol–water partition coefficient (Wildman–Crippen LogP) is 3.09. The van der Waals surface area contributed by atoms with Gasteiger partial charge < -0.3 is 10.2 Å². The van der Waals surface area contributed by atoms with Crippen LogP contribution < -0.4 is 5.32 Å². The van der Waals surface area contributed by atoms with Crippen LogP contribution >= 0.6 is 0 Å². The molecule has 2 nitrogen and oxygen atoms in total. The highest BCUT2D eigenvalue weighted by Gasteiger charge is 2.21. The van der Waals surface area contributed by atoms with Gasteiger partial charge in [-0.1, -0.05) is 30.3 Å². The third kappa shape index (κ3) is 3.83. The number of benzene rings is 1. The molecule has 2 heterocycles. The summed E-state index contributed by atoms with van der Waals surface area (Å²) in [5.41, 5.74) is 1.46. The van der Waals surface area contributed by atoms with Crippen LogP contribution in [0.25, 0.3) is 0 Å². The molecule has 0 atom stereocenters. The van der Waals surface area contributed by atoms with Crippen molar-refractivity contribution in [1.29, 1.82) is 0 Å². The molecule has 0 spiro atoms.